The zero-order valence-corrected chi connectivity index (χ0v) is 12.2. The molecule has 0 aromatic heterocycles. The van der Waals surface area contributed by atoms with Crippen LogP contribution in [0.2, 0.25) is 0 Å². The van der Waals surface area contributed by atoms with Gasteiger partial charge in [-0.25, -0.2) is 4.79 Å². The summed E-state index contributed by atoms with van der Waals surface area (Å²) in [6, 6.07) is 8.30. The quantitative estimate of drug-likeness (QED) is 0.868. The van der Waals surface area contributed by atoms with Crippen LogP contribution in [0, 0.1) is 0 Å². The maximum Gasteiger partial charge on any atom is 0.315 e. The molecular formula is C16H24N2O2. The average molecular weight is 276 g/mol. The summed E-state index contributed by atoms with van der Waals surface area (Å²) in [6.45, 7) is 1.11. The third kappa shape index (κ3) is 4.53. The fraction of sp³-hybridized carbons (Fsp3) is 0.562. The standard InChI is InChI=1S/C16H24N2O2/c1-20-12-14-8-6-5-7-13(14)11-17-16(19)18-15-9-3-2-4-10-15/h5-8,15H,2-4,9-12H2,1H3,(H2,17,18,19). The SMILES string of the molecule is COCc1ccccc1CNC(=O)NC1CCCCC1. The maximum absolute atomic E-state index is 11.9. The van der Waals surface area contributed by atoms with Crippen molar-refractivity contribution < 1.29 is 9.53 Å². The lowest BCUT2D eigenvalue weighted by molar-refractivity contribution is 0.184. The number of urea groups is 1. The van der Waals surface area contributed by atoms with Crippen molar-refractivity contribution in [1.29, 1.82) is 0 Å². The minimum atomic E-state index is -0.0656. The molecule has 1 saturated carbocycles. The average Bonchev–Trinajstić information content (AvgIpc) is 2.48. The molecule has 110 valence electrons. The van der Waals surface area contributed by atoms with Crippen molar-refractivity contribution in [3.05, 3.63) is 35.4 Å². The number of rotatable bonds is 5. The van der Waals surface area contributed by atoms with Gasteiger partial charge in [-0.1, -0.05) is 43.5 Å². The summed E-state index contributed by atoms with van der Waals surface area (Å²) in [4.78, 5) is 11.9. The highest BCUT2D eigenvalue weighted by Crippen LogP contribution is 2.17. The molecule has 2 N–H and O–H groups in total. The Morgan fingerprint density at radius 3 is 2.60 bits per heavy atom. The van der Waals surface area contributed by atoms with E-state index in [0.717, 1.165) is 24.0 Å². The highest BCUT2D eigenvalue weighted by Gasteiger charge is 2.15. The summed E-state index contributed by atoms with van der Waals surface area (Å²) in [5.74, 6) is 0. The predicted octanol–water partition coefficient (Wildman–Crippen LogP) is 2.96. The van der Waals surface area contributed by atoms with Crippen molar-refractivity contribution in [2.75, 3.05) is 7.11 Å². The summed E-state index contributed by atoms with van der Waals surface area (Å²) < 4.78 is 5.17. The molecule has 4 nitrogen and oxygen atoms in total. The molecular weight excluding hydrogens is 252 g/mol. The Morgan fingerprint density at radius 1 is 1.20 bits per heavy atom. The molecule has 2 rings (SSSR count). The molecule has 0 aliphatic heterocycles. The minimum Gasteiger partial charge on any atom is -0.380 e. The molecule has 0 unspecified atom stereocenters. The van der Waals surface area contributed by atoms with E-state index in [1.54, 1.807) is 7.11 Å². The van der Waals surface area contributed by atoms with Gasteiger partial charge in [0.1, 0.15) is 0 Å². The number of ether oxygens (including phenoxy) is 1. The van der Waals surface area contributed by atoms with Gasteiger partial charge in [0, 0.05) is 19.7 Å². The molecule has 1 aromatic rings. The number of hydrogen-bond acceptors (Lipinski definition) is 2. The monoisotopic (exact) mass is 276 g/mol. The molecule has 1 fully saturated rings. The van der Waals surface area contributed by atoms with Crippen LogP contribution in [-0.2, 0) is 17.9 Å². The summed E-state index contributed by atoms with van der Waals surface area (Å²) >= 11 is 0. The first kappa shape index (κ1) is 14.9. The van der Waals surface area contributed by atoms with E-state index >= 15 is 0 Å². The van der Waals surface area contributed by atoms with Crippen LogP contribution in [0.5, 0.6) is 0 Å². The van der Waals surface area contributed by atoms with E-state index in [0.29, 0.717) is 19.2 Å². The van der Waals surface area contributed by atoms with Crippen LogP contribution in [0.1, 0.15) is 43.2 Å². The second-order valence-corrected chi connectivity index (χ2v) is 5.36. The van der Waals surface area contributed by atoms with Gasteiger partial charge < -0.3 is 15.4 Å². The number of nitrogens with one attached hydrogen (secondary N) is 2. The first-order valence-corrected chi connectivity index (χ1v) is 7.39. The first-order chi connectivity index (χ1) is 9.79. The van der Waals surface area contributed by atoms with Crippen molar-refractivity contribution in [1.82, 2.24) is 10.6 Å². The van der Waals surface area contributed by atoms with Gasteiger partial charge in [-0.15, -0.1) is 0 Å². The van der Waals surface area contributed by atoms with Gasteiger partial charge in [0.15, 0.2) is 0 Å². The minimum absolute atomic E-state index is 0.0656. The van der Waals surface area contributed by atoms with Crippen molar-refractivity contribution in [3.63, 3.8) is 0 Å². The Morgan fingerprint density at radius 2 is 1.90 bits per heavy atom. The van der Waals surface area contributed by atoms with Gasteiger partial charge in [0.25, 0.3) is 0 Å². The number of methoxy groups -OCH3 is 1. The zero-order valence-electron chi connectivity index (χ0n) is 12.2. The molecule has 0 spiro atoms. The third-order valence-electron chi connectivity index (χ3n) is 3.80. The molecule has 20 heavy (non-hydrogen) atoms. The molecule has 4 heteroatoms. The van der Waals surface area contributed by atoms with E-state index in [9.17, 15) is 4.79 Å². The van der Waals surface area contributed by atoms with Gasteiger partial charge >= 0.3 is 6.03 Å². The zero-order chi connectivity index (χ0) is 14.2. The first-order valence-electron chi connectivity index (χ1n) is 7.39. The van der Waals surface area contributed by atoms with Crippen LogP contribution in [-0.4, -0.2) is 19.2 Å². The van der Waals surface area contributed by atoms with Crippen molar-refractivity contribution in [2.45, 2.75) is 51.3 Å². The predicted molar refractivity (Wildman–Crippen MR) is 79.4 cm³/mol. The lowest BCUT2D eigenvalue weighted by Crippen LogP contribution is -2.42. The summed E-state index contributed by atoms with van der Waals surface area (Å²) in [7, 11) is 1.68. The molecule has 0 heterocycles. The highest BCUT2D eigenvalue weighted by molar-refractivity contribution is 5.74. The molecule has 0 bridgehead atoms. The second kappa shape index (κ2) is 7.90. The summed E-state index contributed by atoms with van der Waals surface area (Å²) in [5.41, 5.74) is 2.22. The molecule has 0 saturated heterocycles. The largest absolute Gasteiger partial charge is 0.380 e. The van der Waals surface area contributed by atoms with Crippen LogP contribution in [0.3, 0.4) is 0 Å². The highest BCUT2D eigenvalue weighted by atomic mass is 16.5. The van der Waals surface area contributed by atoms with Crippen molar-refractivity contribution in [2.24, 2.45) is 0 Å². The Kier molecular flexibility index (Phi) is 5.87. The summed E-state index contributed by atoms with van der Waals surface area (Å²) in [5, 5.41) is 6.00. The fourth-order valence-corrected chi connectivity index (χ4v) is 2.69. The Hall–Kier alpha value is -1.55. The van der Waals surface area contributed by atoms with Gasteiger partial charge in [-0.05, 0) is 24.0 Å². The van der Waals surface area contributed by atoms with E-state index in [2.05, 4.69) is 10.6 Å². The van der Waals surface area contributed by atoms with Crippen LogP contribution in [0.4, 0.5) is 4.79 Å². The van der Waals surface area contributed by atoms with Crippen LogP contribution in [0.25, 0.3) is 0 Å². The van der Waals surface area contributed by atoms with E-state index in [-0.39, 0.29) is 6.03 Å². The van der Waals surface area contributed by atoms with Gasteiger partial charge in [0.2, 0.25) is 0 Å². The number of carbonyl (C=O) groups excluding carboxylic acids is 1. The molecule has 1 aliphatic carbocycles. The van der Waals surface area contributed by atoms with Gasteiger partial charge in [-0.3, -0.25) is 0 Å². The number of benzene rings is 1. The Balaban J connectivity index is 1.80. The Labute approximate surface area is 120 Å². The second-order valence-electron chi connectivity index (χ2n) is 5.36. The number of carbonyl (C=O) groups is 1. The summed E-state index contributed by atoms with van der Waals surface area (Å²) in [6.07, 6.45) is 5.95. The fourth-order valence-electron chi connectivity index (χ4n) is 2.69. The van der Waals surface area contributed by atoms with E-state index in [1.807, 2.05) is 24.3 Å². The van der Waals surface area contributed by atoms with E-state index < -0.39 is 0 Å². The third-order valence-corrected chi connectivity index (χ3v) is 3.80. The van der Waals surface area contributed by atoms with Crippen LogP contribution < -0.4 is 10.6 Å². The number of amides is 2. The van der Waals surface area contributed by atoms with Crippen LogP contribution >= 0.6 is 0 Å². The smallest absolute Gasteiger partial charge is 0.315 e. The van der Waals surface area contributed by atoms with Crippen molar-refractivity contribution in [3.8, 4) is 0 Å². The lowest BCUT2D eigenvalue weighted by atomic mass is 9.96. The molecule has 2 amide bonds. The maximum atomic E-state index is 11.9. The Bertz CT molecular complexity index is 428. The van der Waals surface area contributed by atoms with E-state index in [4.69, 9.17) is 4.74 Å². The topological polar surface area (TPSA) is 50.4 Å². The van der Waals surface area contributed by atoms with Gasteiger partial charge in [0.05, 0.1) is 6.61 Å². The van der Waals surface area contributed by atoms with Crippen molar-refractivity contribution >= 4 is 6.03 Å². The van der Waals surface area contributed by atoms with Gasteiger partial charge in [-0.2, -0.15) is 0 Å². The van der Waals surface area contributed by atoms with E-state index in [1.165, 1.54) is 19.3 Å². The normalized spacial score (nSPS) is 15.8. The molecule has 1 aromatic carbocycles. The lowest BCUT2D eigenvalue weighted by Gasteiger charge is -2.23. The molecule has 0 atom stereocenters. The molecule has 1 aliphatic rings. The van der Waals surface area contributed by atoms with Crippen LogP contribution in [0.15, 0.2) is 24.3 Å². The molecule has 0 radical (unpaired) electrons. The number of hydrogen-bond donors (Lipinski definition) is 2.